The normalized spacial score (nSPS) is 10.0. The van der Waals surface area contributed by atoms with Gasteiger partial charge in [-0.1, -0.05) is 71.3 Å². The number of ether oxygens (including phenoxy) is 1. The van der Waals surface area contributed by atoms with Crippen LogP contribution in [0.3, 0.4) is 0 Å². The minimum absolute atomic E-state index is 0. The fourth-order valence-corrected chi connectivity index (χ4v) is 1.76. The fraction of sp³-hybridized carbons (Fsp3) is 0.857. The van der Waals surface area contributed by atoms with Crippen molar-refractivity contribution in [3.8, 4) is 0 Å². The van der Waals surface area contributed by atoms with Gasteiger partial charge in [-0.05, 0) is 6.42 Å². The third-order valence-electron chi connectivity index (χ3n) is 2.73. The molecule has 21 heavy (non-hydrogen) atoms. The molecular formula is C14H31NaO5S. The van der Waals surface area contributed by atoms with E-state index in [9.17, 15) is 0 Å². The Labute approximate surface area is 153 Å². The predicted molar refractivity (Wildman–Crippen MR) is 83.3 cm³/mol. The van der Waals surface area contributed by atoms with Gasteiger partial charge in [-0.15, -0.1) is 0 Å². The molecule has 0 saturated heterocycles. The van der Waals surface area contributed by atoms with Gasteiger partial charge >= 0.3 is 40.0 Å². The Balaban J connectivity index is -0.000000201. The van der Waals surface area contributed by atoms with Crippen LogP contribution in [0, 0.1) is 0 Å². The van der Waals surface area contributed by atoms with Gasteiger partial charge in [0, 0.05) is 0 Å². The van der Waals surface area contributed by atoms with Gasteiger partial charge in [0.15, 0.2) is 0 Å². The zero-order valence-corrected chi connectivity index (χ0v) is 16.4. The average Bonchev–Trinajstić information content (AvgIpc) is 2.34. The first-order chi connectivity index (χ1) is 9.41. The van der Waals surface area contributed by atoms with E-state index >= 15 is 0 Å². The molecule has 0 atom stereocenters. The summed E-state index contributed by atoms with van der Waals surface area (Å²) in [5.74, 6) is 0. The summed E-state index contributed by atoms with van der Waals surface area (Å²) < 4.78 is 36.7. The maximum absolute atomic E-state index is 8.74. The van der Waals surface area contributed by atoms with E-state index in [1.807, 2.05) is 0 Å². The van der Waals surface area contributed by atoms with Crippen molar-refractivity contribution in [3.63, 3.8) is 0 Å². The second-order valence-electron chi connectivity index (χ2n) is 4.67. The molecule has 0 aromatic rings. The standard InChI is InChI=1S/C14H28O.Na.H2O4S.H/c1-3-5-6-7-8-9-10-11-12-13-14-15-4-2;;1-5(2,3)4;/h4H,2-3,5-14H2,1H3;;(H2,1,2,3,4);/q;+1;;-1. The van der Waals surface area contributed by atoms with Crippen molar-refractivity contribution in [2.45, 2.75) is 71.1 Å². The molecule has 0 saturated carbocycles. The molecule has 0 aromatic carbocycles. The van der Waals surface area contributed by atoms with Gasteiger partial charge in [0.05, 0.1) is 12.9 Å². The Morgan fingerprint density at radius 1 is 0.952 bits per heavy atom. The molecule has 0 aromatic heterocycles. The summed E-state index contributed by atoms with van der Waals surface area (Å²) >= 11 is 0. The van der Waals surface area contributed by atoms with Crippen LogP contribution in [0.1, 0.15) is 72.6 Å². The minimum Gasteiger partial charge on any atom is -1.00 e. The molecule has 0 unspecified atom stereocenters. The first-order valence-corrected chi connectivity index (χ1v) is 8.74. The predicted octanol–water partition coefficient (Wildman–Crippen LogP) is 1.53. The average molecular weight is 334 g/mol. The second kappa shape index (κ2) is 20.4. The first-order valence-electron chi connectivity index (χ1n) is 7.34. The van der Waals surface area contributed by atoms with Crippen LogP contribution < -0.4 is 29.6 Å². The Morgan fingerprint density at radius 3 is 1.62 bits per heavy atom. The molecule has 5 nitrogen and oxygen atoms in total. The Hall–Kier alpha value is 0.410. The van der Waals surface area contributed by atoms with Crippen molar-refractivity contribution in [2.75, 3.05) is 6.61 Å². The van der Waals surface area contributed by atoms with Crippen LogP contribution in [-0.2, 0) is 15.1 Å². The summed E-state index contributed by atoms with van der Waals surface area (Å²) in [5, 5.41) is 0. The van der Waals surface area contributed by atoms with E-state index in [-0.39, 0.29) is 31.0 Å². The molecule has 0 aliphatic carbocycles. The summed E-state index contributed by atoms with van der Waals surface area (Å²) in [5.41, 5.74) is 0. The molecule has 0 fully saturated rings. The maximum atomic E-state index is 8.74. The summed E-state index contributed by atoms with van der Waals surface area (Å²) in [6.45, 7) is 6.64. The third kappa shape index (κ3) is 44.9. The van der Waals surface area contributed by atoms with Crippen molar-refractivity contribution in [2.24, 2.45) is 0 Å². The van der Waals surface area contributed by atoms with Crippen LogP contribution in [0.4, 0.5) is 0 Å². The largest absolute Gasteiger partial charge is 1.00 e. The van der Waals surface area contributed by atoms with Gasteiger partial charge in [0.2, 0.25) is 0 Å². The van der Waals surface area contributed by atoms with E-state index in [2.05, 4.69) is 13.5 Å². The molecule has 0 aliphatic rings. The van der Waals surface area contributed by atoms with E-state index in [0.717, 1.165) is 6.61 Å². The first kappa shape index (κ1) is 26.3. The molecule has 2 N–H and O–H groups in total. The van der Waals surface area contributed by atoms with Crippen molar-refractivity contribution in [1.29, 1.82) is 0 Å². The van der Waals surface area contributed by atoms with Crippen LogP contribution in [0.5, 0.6) is 0 Å². The molecule has 0 bridgehead atoms. The summed E-state index contributed by atoms with van der Waals surface area (Å²) in [7, 11) is -4.67. The van der Waals surface area contributed by atoms with Crippen molar-refractivity contribution in [1.82, 2.24) is 0 Å². The van der Waals surface area contributed by atoms with Gasteiger partial charge in [0.25, 0.3) is 0 Å². The van der Waals surface area contributed by atoms with Crippen LogP contribution in [0.2, 0.25) is 0 Å². The van der Waals surface area contributed by atoms with Crippen molar-refractivity contribution in [3.05, 3.63) is 12.8 Å². The van der Waals surface area contributed by atoms with Crippen LogP contribution in [-0.4, -0.2) is 24.1 Å². The van der Waals surface area contributed by atoms with Gasteiger partial charge in [-0.25, -0.2) is 0 Å². The molecule has 0 radical (unpaired) electrons. The van der Waals surface area contributed by atoms with Gasteiger partial charge in [-0.2, -0.15) is 8.42 Å². The number of unbranched alkanes of at least 4 members (excludes halogenated alkanes) is 9. The van der Waals surface area contributed by atoms with Crippen LogP contribution in [0.15, 0.2) is 12.8 Å². The molecule has 0 spiro atoms. The third-order valence-corrected chi connectivity index (χ3v) is 2.73. The van der Waals surface area contributed by atoms with Crippen LogP contribution >= 0.6 is 0 Å². The molecule has 0 rings (SSSR count). The van der Waals surface area contributed by atoms with Crippen LogP contribution in [0.25, 0.3) is 0 Å². The zero-order valence-electron chi connectivity index (χ0n) is 14.6. The van der Waals surface area contributed by atoms with Crippen molar-refractivity contribution >= 4 is 10.4 Å². The Kier molecular flexibility index (Phi) is 25.6. The minimum atomic E-state index is -4.67. The van der Waals surface area contributed by atoms with E-state index in [1.54, 1.807) is 0 Å². The smallest absolute Gasteiger partial charge is 1.00 e. The monoisotopic (exact) mass is 334 g/mol. The summed E-state index contributed by atoms with van der Waals surface area (Å²) in [4.78, 5) is 0. The van der Waals surface area contributed by atoms with E-state index in [4.69, 9.17) is 22.3 Å². The maximum Gasteiger partial charge on any atom is 1.00 e. The zero-order chi connectivity index (χ0) is 15.7. The fourth-order valence-electron chi connectivity index (χ4n) is 1.76. The second-order valence-corrected chi connectivity index (χ2v) is 5.56. The Bertz CT molecular complexity index is 292. The number of rotatable bonds is 12. The van der Waals surface area contributed by atoms with Crippen molar-refractivity contribution < 1.29 is 53.2 Å². The van der Waals surface area contributed by atoms with Gasteiger partial charge < -0.3 is 6.16 Å². The SMILES string of the molecule is C=COCCCCCCCCCCCC.O=S(=O)(O)O.[H-].[Na+]. The molecular weight excluding hydrogens is 303 g/mol. The van der Waals surface area contributed by atoms with Gasteiger partial charge in [0.1, 0.15) is 0 Å². The summed E-state index contributed by atoms with van der Waals surface area (Å²) in [6, 6.07) is 0. The van der Waals surface area contributed by atoms with E-state index < -0.39 is 10.4 Å². The molecule has 7 heteroatoms. The molecule has 124 valence electrons. The quantitative estimate of drug-likeness (QED) is 0.245. The van der Waals surface area contributed by atoms with E-state index in [1.165, 1.54) is 70.5 Å². The molecule has 0 aliphatic heterocycles. The Morgan fingerprint density at radius 2 is 1.29 bits per heavy atom. The number of hydrogen-bond acceptors (Lipinski definition) is 3. The number of hydrogen-bond donors (Lipinski definition) is 2. The topological polar surface area (TPSA) is 83.8 Å². The molecule has 0 heterocycles. The van der Waals surface area contributed by atoms with Gasteiger partial charge in [-0.3, -0.25) is 9.11 Å². The van der Waals surface area contributed by atoms with E-state index in [0.29, 0.717) is 0 Å². The molecule has 0 amide bonds. The summed E-state index contributed by atoms with van der Waals surface area (Å²) in [6.07, 6.45) is 15.3.